The number of rotatable bonds is 5. The first kappa shape index (κ1) is 21.4. The molecule has 3 aromatic heterocycles. The van der Waals surface area contributed by atoms with Crippen molar-refractivity contribution in [3.63, 3.8) is 0 Å². The lowest BCUT2D eigenvalue weighted by Crippen LogP contribution is -2.48. The summed E-state index contributed by atoms with van der Waals surface area (Å²) in [6.07, 6.45) is 8.31. The van der Waals surface area contributed by atoms with E-state index < -0.39 is 0 Å². The van der Waals surface area contributed by atoms with Crippen LogP contribution in [0.3, 0.4) is 0 Å². The van der Waals surface area contributed by atoms with Crippen molar-refractivity contribution < 1.29 is 4.79 Å². The van der Waals surface area contributed by atoms with Crippen molar-refractivity contribution in [2.24, 2.45) is 7.05 Å². The van der Waals surface area contributed by atoms with Crippen LogP contribution in [0.2, 0.25) is 0 Å². The van der Waals surface area contributed by atoms with Crippen molar-refractivity contribution in [2.45, 2.75) is 38.6 Å². The van der Waals surface area contributed by atoms with Crippen LogP contribution in [0.25, 0.3) is 12.2 Å². The molecule has 0 aromatic carbocycles. The second-order valence-corrected chi connectivity index (χ2v) is 9.65. The Balaban J connectivity index is 1.29. The molecule has 0 unspecified atom stereocenters. The molecule has 2 aliphatic rings. The normalized spacial score (nSPS) is 17.6. The number of aryl methyl sites for hydroxylation is 2. The van der Waals surface area contributed by atoms with E-state index >= 15 is 0 Å². The number of nitrogens with one attached hydrogen (secondary N) is 3. The Hall–Kier alpha value is -3.40. The third-order valence-electron chi connectivity index (χ3n) is 6.12. The standard InChI is InChI=1S/C23H27N7O2S/c1-14-10-20(28-29(14)2)25-17-12-21(26-27-22(17)31)30-9-5-7-16(13-30)24-23(32)19-11-15-6-3-4-8-18(15)33-19/h6,8,10-12,16H,3-5,7,9,13H2,1-2H3,(H,24,32)(H,27,31)(H,25,26,28)/t16-/m1/s1. The van der Waals surface area contributed by atoms with Gasteiger partial charge in [-0.1, -0.05) is 12.2 Å². The summed E-state index contributed by atoms with van der Waals surface area (Å²) in [6, 6.07) is 5.63. The SMILES string of the molecule is Cc1cc(Nc2cc(N3CCC[C@@H](NC(=O)c4cc5c(s4)=CCCC=5)C3)n[nH]c2=O)nn1C. The Bertz CT molecular complexity index is 1320. The predicted octanol–water partition coefficient (Wildman–Crippen LogP) is 1.37. The Labute approximate surface area is 194 Å². The van der Waals surface area contributed by atoms with Gasteiger partial charge in [-0.3, -0.25) is 14.3 Å². The highest BCUT2D eigenvalue weighted by molar-refractivity contribution is 7.12. The van der Waals surface area contributed by atoms with Crippen LogP contribution < -0.4 is 30.8 Å². The molecule has 33 heavy (non-hydrogen) atoms. The third kappa shape index (κ3) is 4.56. The molecule has 5 rings (SSSR count). The van der Waals surface area contributed by atoms with Gasteiger partial charge in [0, 0.05) is 48.5 Å². The second-order valence-electron chi connectivity index (χ2n) is 8.56. The summed E-state index contributed by atoms with van der Waals surface area (Å²) in [5, 5.41) is 18.6. The molecular formula is C23H27N7O2S. The zero-order valence-electron chi connectivity index (χ0n) is 18.7. The number of carbonyl (C=O) groups is 1. The number of aromatic nitrogens is 4. The van der Waals surface area contributed by atoms with Crippen LogP contribution in [0.5, 0.6) is 0 Å². The summed E-state index contributed by atoms with van der Waals surface area (Å²) in [4.78, 5) is 28.0. The minimum absolute atomic E-state index is 0.0157. The molecule has 1 atom stereocenters. The molecule has 3 aromatic rings. The van der Waals surface area contributed by atoms with Gasteiger partial charge in [-0.2, -0.15) is 10.2 Å². The highest BCUT2D eigenvalue weighted by Crippen LogP contribution is 2.21. The largest absolute Gasteiger partial charge is 0.353 e. The number of piperidine rings is 1. The van der Waals surface area contributed by atoms with Gasteiger partial charge >= 0.3 is 0 Å². The Morgan fingerprint density at radius 1 is 1.24 bits per heavy atom. The first-order valence-electron chi connectivity index (χ1n) is 11.2. The van der Waals surface area contributed by atoms with Gasteiger partial charge in [-0.15, -0.1) is 11.3 Å². The lowest BCUT2D eigenvalue weighted by atomic mass is 10.1. The zero-order valence-corrected chi connectivity index (χ0v) is 19.5. The van der Waals surface area contributed by atoms with Gasteiger partial charge in [-0.25, -0.2) is 5.10 Å². The number of amides is 1. The molecule has 1 aliphatic heterocycles. The Morgan fingerprint density at radius 2 is 2.09 bits per heavy atom. The summed E-state index contributed by atoms with van der Waals surface area (Å²) in [5.41, 5.74) is 1.07. The summed E-state index contributed by atoms with van der Waals surface area (Å²) in [7, 11) is 1.85. The van der Waals surface area contributed by atoms with Crippen LogP contribution in [0.15, 0.2) is 23.0 Å². The molecule has 1 aliphatic carbocycles. The van der Waals surface area contributed by atoms with Gasteiger partial charge < -0.3 is 15.5 Å². The number of fused-ring (bicyclic) bond motifs is 1. The Morgan fingerprint density at radius 3 is 2.88 bits per heavy atom. The maximum absolute atomic E-state index is 12.9. The summed E-state index contributed by atoms with van der Waals surface area (Å²) < 4.78 is 2.94. The number of H-pyrrole nitrogens is 1. The average Bonchev–Trinajstić information content (AvgIpc) is 3.38. The number of carbonyl (C=O) groups excluding carboxylic acids is 1. The molecule has 4 heterocycles. The van der Waals surface area contributed by atoms with Gasteiger partial charge in [-0.05, 0) is 43.9 Å². The van der Waals surface area contributed by atoms with Crippen molar-refractivity contribution in [3.05, 3.63) is 48.9 Å². The monoisotopic (exact) mass is 465 g/mol. The molecule has 10 heteroatoms. The number of anilines is 3. The van der Waals surface area contributed by atoms with E-state index in [-0.39, 0.29) is 17.5 Å². The number of thiophene rings is 1. The number of nitrogens with zero attached hydrogens (tertiary/aromatic N) is 4. The van der Waals surface area contributed by atoms with E-state index in [0.29, 0.717) is 23.9 Å². The summed E-state index contributed by atoms with van der Waals surface area (Å²) in [6.45, 7) is 3.39. The quantitative estimate of drug-likeness (QED) is 0.525. The van der Waals surface area contributed by atoms with E-state index in [0.717, 1.165) is 42.8 Å². The first-order chi connectivity index (χ1) is 16.0. The van der Waals surface area contributed by atoms with Crippen molar-refractivity contribution in [3.8, 4) is 0 Å². The van der Waals surface area contributed by atoms with Crippen LogP contribution in [0, 0.1) is 6.92 Å². The van der Waals surface area contributed by atoms with E-state index in [9.17, 15) is 9.59 Å². The lowest BCUT2D eigenvalue weighted by Gasteiger charge is -2.33. The van der Waals surface area contributed by atoms with Crippen molar-refractivity contribution >= 4 is 46.7 Å². The summed E-state index contributed by atoms with van der Waals surface area (Å²) >= 11 is 1.56. The fourth-order valence-corrected chi connectivity index (χ4v) is 5.31. The first-order valence-corrected chi connectivity index (χ1v) is 12.0. The lowest BCUT2D eigenvalue weighted by molar-refractivity contribution is 0.0937. The van der Waals surface area contributed by atoms with Crippen LogP contribution in [-0.4, -0.2) is 45.0 Å². The number of hydrogen-bond donors (Lipinski definition) is 3. The van der Waals surface area contributed by atoms with Gasteiger partial charge in [0.15, 0.2) is 11.6 Å². The van der Waals surface area contributed by atoms with E-state index in [1.165, 1.54) is 9.75 Å². The van der Waals surface area contributed by atoms with E-state index in [1.54, 1.807) is 22.1 Å². The molecule has 0 radical (unpaired) electrons. The Kier molecular flexibility index (Phi) is 5.76. The van der Waals surface area contributed by atoms with Crippen LogP contribution >= 0.6 is 11.3 Å². The van der Waals surface area contributed by atoms with E-state index in [1.807, 2.05) is 26.1 Å². The molecule has 172 valence electrons. The van der Waals surface area contributed by atoms with Gasteiger partial charge in [0.05, 0.1) is 4.88 Å². The highest BCUT2D eigenvalue weighted by Gasteiger charge is 2.24. The fourth-order valence-electron chi connectivity index (χ4n) is 4.27. The second kappa shape index (κ2) is 8.86. The highest BCUT2D eigenvalue weighted by atomic mass is 32.1. The van der Waals surface area contributed by atoms with E-state index in [4.69, 9.17) is 0 Å². The molecule has 9 nitrogen and oxygen atoms in total. The smallest absolute Gasteiger partial charge is 0.288 e. The fraction of sp³-hybridized carbons (Fsp3) is 0.391. The van der Waals surface area contributed by atoms with Crippen LogP contribution in [-0.2, 0) is 7.05 Å². The number of aromatic amines is 1. The topological polar surface area (TPSA) is 108 Å². The molecule has 3 N–H and O–H groups in total. The van der Waals surface area contributed by atoms with Crippen LogP contribution in [0.4, 0.5) is 17.3 Å². The molecule has 0 bridgehead atoms. The molecular weight excluding hydrogens is 438 g/mol. The molecule has 1 amide bonds. The van der Waals surface area contributed by atoms with Gasteiger partial charge in [0.1, 0.15) is 5.69 Å². The van der Waals surface area contributed by atoms with Crippen molar-refractivity contribution in [2.75, 3.05) is 23.3 Å². The molecule has 0 saturated carbocycles. The zero-order chi connectivity index (χ0) is 22.9. The molecule has 1 saturated heterocycles. The van der Waals surface area contributed by atoms with Gasteiger partial charge in [0.25, 0.3) is 11.5 Å². The predicted molar refractivity (Wildman–Crippen MR) is 131 cm³/mol. The minimum Gasteiger partial charge on any atom is -0.353 e. The summed E-state index contributed by atoms with van der Waals surface area (Å²) in [5.74, 6) is 1.25. The van der Waals surface area contributed by atoms with E-state index in [2.05, 4.69) is 43.0 Å². The minimum atomic E-state index is -0.306. The number of hydrogen-bond acceptors (Lipinski definition) is 7. The van der Waals surface area contributed by atoms with Crippen molar-refractivity contribution in [1.82, 2.24) is 25.3 Å². The maximum atomic E-state index is 12.9. The maximum Gasteiger partial charge on any atom is 0.288 e. The average molecular weight is 466 g/mol. The van der Waals surface area contributed by atoms with Gasteiger partial charge in [0.2, 0.25) is 0 Å². The van der Waals surface area contributed by atoms with Crippen LogP contribution in [0.1, 0.15) is 41.0 Å². The third-order valence-corrected chi connectivity index (χ3v) is 7.27. The van der Waals surface area contributed by atoms with Crippen molar-refractivity contribution in [1.29, 1.82) is 0 Å². The molecule has 1 fully saturated rings. The molecule has 0 spiro atoms.